The third-order valence-electron chi connectivity index (χ3n) is 12.7. The molecule has 0 aliphatic rings. The van der Waals surface area contributed by atoms with Crippen molar-refractivity contribution in [3.63, 3.8) is 0 Å². The molecule has 0 aliphatic carbocycles. The highest BCUT2D eigenvalue weighted by Crippen LogP contribution is 2.43. The number of likely N-dealkylation sites (N-methyl/N-ethyl adjacent to an activating group) is 1. The van der Waals surface area contributed by atoms with E-state index in [2.05, 4.69) is 148 Å². The number of nitrogens with zero attached hydrogens (tertiary/aromatic N) is 1. The maximum Gasteiger partial charge on any atom is 0.472 e. The average molecular weight is 1110 g/mol. The van der Waals surface area contributed by atoms with E-state index in [0.717, 1.165) is 116 Å². The Bertz CT molecular complexity index is 1780. The summed E-state index contributed by atoms with van der Waals surface area (Å²) >= 11 is 0. The minimum Gasteiger partial charge on any atom is -0.462 e. The van der Waals surface area contributed by atoms with Crippen molar-refractivity contribution in [2.75, 3.05) is 47.5 Å². The summed E-state index contributed by atoms with van der Waals surface area (Å²) in [6.45, 7) is 4.29. The van der Waals surface area contributed by atoms with Gasteiger partial charge in [0.05, 0.1) is 27.7 Å². The van der Waals surface area contributed by atoms with Crippen molar-refractivity contribution in [2.24, 2.45) is 0 Å². The second kappa shape index (κ2) is 57.8. The Kier molecular flexibility index (Phi) is 55.0. The number of allylic oxidation sites excluding steroid dienone is 22. The molecule has 10 heteroatoms. The first-order valence-electron chi connectivity index (χ1n) is 30.9. The predicted molar refractivity (Wildman–Crippen MR) is 334 cm³/mol. The van der Waals surface area contributed by atoms with Gasteiger partial charge < -0.3 is 18.9 Å². The zero-order valence-electron chi connectivity index (χ0n) is 50.3. The molecule has 0 aromatic carbocycles. The molecule has 0 saturated heterocycles. The molecule has 0 saturated carbocycles. The van der Waals surface area contributed by atoms with E-state index >= 15 is 0 Å². The molecule has 2 unspecified atom stereocenters. The maximum absolute atomic E-state index is 12.8. The van der Waals surface area contributed by atoms with E-state index in [1.807, 2.05) is 21.1 Å². The molecule has 0 bridgehead atoms. The molecule has 2 atom stereocenters. The number of quaternary nitrogens is 1. The second-order valence-electron chi connectivity index (χ2n) is 21.4. The number of hydrogen-bond acceptors (Lipinski definition) is 7. The highest BCUT2D eigenvalue weighted by Gasteiger charge is 2.27. The summed E-state index contributed by atoms with van der Waals surface area (Å²) in [5.74, 6) is -0.814. The van der Waals surface area contributed by atoms with Crippen molar-refractivity contribution in [3.05, 3.63) is 134 Å². The molecular weight excluding hydrogens is 990 g/mol. The van der Waals surface area contributed by atoms with Gasteiger partial charge in [0.1, 0.15) is 19.8 Å². The van der Waals surface area contributed by atoms with Crippen LogP contribution in [0.3, 0.4) is 0 Å². The Morgan fingerprint density at radius 3 is 1.09 bits per heavy atom. The van der Waals surface area contributed by atoms with Gasteiger partial charge in [-0.3, -0.25) is 18.6 Å². The molecule has 0 rings (SSSR count). The number of esters is 2. The number of unbranched alkanes of at least 4 members (excludes halogenated alkanes) is 19. The third kappa shape index (κ3) is 61.4. The van der Waals surface area contributed by atoms with Crippen molar-refractivity contribution in [1.82, 2.24) is 0 Å². The average Bonchev–Trinajstić information content (AvgIpc) is 3.40. The number of ether oxygens (including phenoxy) is 2. The van der Waals surface area contributed by atoms with Gasteiger partial charge in [-0.15, -0.1) is 0 Å². The Morgan fingerprint density at radius 1 is 0.410 bits per heavy atom. The van der Waals surface area contributed by atoms with E-state index < -0.39 is 26.5 Å². The van der Waals surface area contributed by atoms with Crippen LogP contribution in [-0.4, -0.2) is 74.9 Å². The third-order valence-corrected chi connectivity index (χ3v) is 13.7. The van der Waals surface area contributed by atoms with E-state index in [4.69, 9.17) is 18.5 Å². The van der Waals surface area contributed by atoms with Gasteiger partial charge in [-0.05, 0) is 96.3 Å². The first kappa shape index (κ1) is 74.2. The Hall–Kier alpha value is -3.85. The topological polar surface area (TPSA) is 108 Å². The van der Waals surface area contributed by atoms with Gasteiger partial charge in [-0.2, -0.15) is 0 Å². The summed E-state index contributed by atoms with van der Waals surface area (Å²) in [6.07, 6.45) is 83.9. The van der Waals surface area contributed by atoms with Gasteiger partial charge in [0.15, 0.2) is 6.10 Å². The molecule has 0 radical (unpaired) electrons. The van der Waals surface area contributed by atoms with Crippen molar-refractivity contribution >= 4 is 19.8 Å². The summed E-state index contributed by atoms with van der Waals surface area (Å²) in [5.41, 5.74) is 0. The molecular formula is C68H115NO8P+. The summed E-state index contributed by atoms with van der Waals surface area (Å²) < 4.78 is 34.5. The largest absolute Gasteiger partial charge is 0.472 e. The summed E-state index contributed by atoms with van der Waals surface area (Å²) in [4.78, 5) is 35.6. The van der Waals surface area contributed by atoms with E-state index in [9.17, 15) is 19.0 Å². The fraction of sp³-hybridized carbons (Fsp3) is 0.647. The summed E-state index contributed by atoms with van der Waals surface area (Å²) in [5, 5.41) is 0. The number of rotatable bonds is 55. The molecule has 0 amide bonds. The van der Waals surface area contributed by atoms with Crippen LogP contribution in [0.4, 0.5) is 0 Å². The number of phosphoric ester groups is 1. The van der Waals surface area contributed by atoms with Crippen LogP contribution in [0.2, 0.25) is 0 Å². The lowest BCUT2D eigenvalue weighted by atomic mass is 10.0. The van der Waals surface area contributed by atoms with E-state index in [1.165, 1.54) is 83.5 Å². The first-order chi connectivity index (χ1) is 38.0. The van der Waals surface area contributed by atoms with Crippen LogP contribution >= 0.6 is 7.82 Å². The van der Waals surface area contributed by atoms with Gasteiger partial charge in [0.2, 0.25) is 0 Å². The normalized spacial score (nSPS) is 14.2. The Morgan fingerprint density at radius 2 is 0.731 bits per heavy atom. The molecule has 444 valence electrons. The van der Waals surface area contributed by atoms with Crippen LogP contribution in [-0.2, 0) is 32.7 Å². The van der Waals surface area contributed by atoms with Crippen molar-refractivity contribution in [3.8, 4) is 0 Å². The van der Waals surface area contributed by atoms with Gasteiger partial charge in [-0.1, -0.05) is 257 Å². The van der Waals surface area contributed by atoms with Gasteiger partial charge in [0.25, 0.3) is 0 Å². The van der Waals surface area contributed by atoms with Gasteiger partial charge >= 0.3 is 19.8 Å². The molecule has 0 aliphatic heterocycles. The molecule has 0 aromatic heterocycles. The van der Waals surface area contributed by atoms with Crippen LogP contribution in [0.1, 0.15) is 232 Å². The number of carbonyl (C=O) groups is 2. The van der Waals surface area contributed by atoms with Crippen molar-refractivity contribution in [1.29, 1.82) is 0 Å². The van der Waals surface area contributed by atoms with Crippen molar-refractivity contribution < 1.29 is 42.1 Å². The van der Waals surface area contributed by atoms with Crippen LogP contribution < -0.4 is 0 Å². The highest BCUT2D eigenvalue weighted by molar-refractivity contribution is 7.47. The molecule has 0 fully saturated rings. The minimum atomic E-state index is -4.39. The lowest BCUT2D eigenvalue weighted by Crippen LogP contribution is -2.37. The predicted octanol–water partition coefficient (Wildman–Crippen LogP) is 19.7. The standard InChI is InChI=1S/C68H114NO8P/c1-6-8-10-12-14-16-18-20-21-22-23-24-25-26-27-28-29-30-31-32-33-34-35-36-37-38-39-40-41-42-43-44-45-46-47-49-51-53-55-57-59-61-68(71)77-66(65-76-78(72,73)75-63-62-69(3,4)5)64-74-67(70)60-58-56-54-52-50-48-19-17-15-13-11-9-7-2/h8,10,14,16,20-21,23-24,26-27,29-30,32-33,35-36,38-39,41-42,44-45,66H,6-7,9,11-13,15,17-19,22,25,28,31,34,37,40,43,46-65H2,1-5H3/p+1/b10-8-,16-14-,21-20-,24-23-,27-26-,30-29-,33-32-,36-35-,39-38-,42-41-,45-44-. The van der Waals surface area contributed by atoms with E-state index in [1.54, 1.807) is 0 Å². The molecule has 1 N–H and O–H groups in total. The first-order valence-corrected chi connectivity index (χ1v) is 32.4. The molecule has 78 heavy (non-hydrogen) atoms. The Balaban J connectivity index is 4.11. The molecule has 0 heterocycles. The summed E-state index contributed by atoms with van der Waals surface area (Å²) in [6, 6.07) is 0. The number of phosphoric acid groups is 1. The fourth-order valence-corrected chi connectivity index (χ4v) is 8.70. The van der Waals surface area contributed by atoms with E-state index in [0.29, 0.717) is 17.4 Å². The molecule has 0 aromatic rings. The lowest BCUT2D eigenvalue weighted by molar-refractivity contribution is -0.870. The summed E-state index contributed by atoms with van der Waals surface area (Å²) in [7, 11) is 1.46. The maximum atomic E-state index is 12.8. The Labute approximate surface area is 479 Å². The SMILES string of the molecule is CC/C=C\C/C=C\C/C=C\C/C=C\C/C=C\C/C=C\C/C=C\C/C=C\C/C=C\C/C=C\C/C=C\CCCCCCCCCC(=O)OC(COC(=O)CCCCCCCCCCCCCCC)COP(=O)(O)OCC[N+](C)(C)C. The van der Waals surface area contributed by atoms with E-state index in [-0.39, 0.29) is 32.0 Å². The zero-order valence-corrected chi connectivity index (χ0v) is 51.2. The zero-order chi connectivity index (χ0) is 57.0. The van der Waals surface area contributed by atoms with Crippen LogP contribution in [0.25, 0.3) is 0 Å². The fourth-order valence-electron chi connectivity index (χ4n) is 7.96. The van der Waals surface area contributed by atoms with Crippen LogP contribution in [0.5, 0.6) is 0 Å². The number of carbonyl (C=O) groups excluding carboxylic acids is 2. The second-order valence-corrected chi connectivity index (χ2v) is 22.8. The van der Waals surface area contributed by atoms with Crippen LogP contribution in [0.15, 0.2) is 134 Å². The quantitative estimate of drug-likeness (QED) is 0.0211. The van der Waals surface area contributed by atoms with Gasteiger partial charge in [-0.25, -0.2) is 4.57 Å². The lowest BCUT2D eigenvalue weighted by Gasteiger charge is -2.24. The highest BCUT2D eigenvalue weighted by atomic mass is 31.2. The monoisotopic (exact) mass is 1100 g/mol. The number of hydrogen-bond donors (Lipinski definition) is 1. The smallest absolute Gasteiger partial charge is 0.462 e. The minimum absolute atomic E-state index is 0.0244. The molecule has 9 nitrogen and oxygen atoms in total. The molecule has 0 spiro atoms. The van der Waals surface area contributed by atoms with Crippen molar-refractivity contribution in [2.45, 2.75) is 238 Å². The van der Waals surface area contributed by atoms with Crippen LogP contribution in [0, 0.1) is 0 Å². The van der Waals surface area contributed by atoms with Gasteiger partial charge in [0, 0.05) is 12.8 Å².